The summed E-state index contributed by atoms with van der Waals surface area (Å²) in [5.41, 5.74) is 8.33. The first-order chi connectivity index (χ1) is 7.99. The number of benzene rings is 1. The lowest BCUT2D eigenvalue weighted by Gasteiger charge is -2.21. The normalized spacial score (nSPS) is 12.1. The highest BCUT2D eigenvalue weighted by atomic mass is 16.5. The van der Waals surface area contributed by atoms with Crippen molar-refractivity contribution in [2.75, 3.05) is 13.7 Å². The van der Waals surface area contributed by atoms with E-state index in [-0.39, 0.29) is 5.41 Å². The SMILES string of the molecule is COc1ccc2c(C(C)(C)CN)cn(C)c2c1. The lowest BCUT2D eigenvalue weighted by molar-refractivity contribution is 0.415. The monoisotopic (exact) mass is 232 g/mol. The minimum Gasteiger partial charge on any atom is -0.497 e. The highest BCUT2D eigenvalue weighted by Crippen LogP contribution is 2.32. The number of nitrogens with zero attached hydrogens (tertiary/aromatic N) is 1. The van der Waals surface area contributed by atoms with Gasteiger partial charge in [0.1, 0.15) is 5.75 Å². The first-order valence-electron chi connectivity index (χ1n) is 5.83. The maximum atomic E-state index is 5.86. The molecule has 0 aliphatic heterocycles. The lowest BCUT2D eigenvalue weighted by atomic mass is 9.85. The smallest absolute Gasteiger partial charge is 0.120 e. The summed E-state index contributed by atoms with van der Waals surface area (Å²) in [6.45, 7) is 4.98. The molecule has 0 amide bonds. The van der Waals surface area contributed by atoms with Gasteiger partial charge in [-0.1, -0.05) is 13.8 Å². The van der Waals surface area contributed by atoms with Crippen LogP contribution in [0.15, 0.2) is 24.4 Å². The van der Waals surface area contributed by atoms with Crippen LogP contribution in [0, 0.1) is 0 Å². The van der Waals surface area contributed by atoms with Crippen molar-refractivity contribution in [3.63, 3.8) is 0 Å². The fourth-order valence-corrected chi connectivity index (χ4v) is 2.14. The summed E-state index contributed by atoms with van der Waals surface area (Å²) in [7, 11) is 3.74. The molecule has 0 radical (unpaired) electrons. The molecule has 0 unspecified atom stereocenters. The Labute approximate surface area is 102 Å². The molecule has 17 heavy (non-hydrogen) atoms. The van der Waals surface area contributed by atoms with E-state index in [0.29, 0.717) is 6.54 Å². The van der Waals surface area contributed by atoms with Crippen LogP contribution in [0.1, 0.15) is 19.4 Å². The van der Waals surface area contributed by atoms with Crippen molar-refractivity contribution in [1.29, 1.82) is 0 Å². The molecule has 0 saturated heterocycles. The van der Waals surface area contributed by atoms with Crippen LogP contribution in [0.3, 0.4) is 0 Å². The third-order valence-electron chi connectivity index (χ3n) is 3.44. The topological polar surface area (TPSA) is 40.2 Å². The molecule has 1 aromatic heterocycles. The molecule has 0 saturated carbocycles. The fraction of sp³-hybridized carbons (Fsp3) is 0.429. The van der Waals surface area contributed by atoms with Crippen LogP contribution in [0.2, 0.25) is 0 Å². The van der Waals surface area contributed by atoms with Crippen LogP contribution >= 0.6 is 0 Å². The molecule has 92 valence electrons. The summed E-state index contributed by atoms with van der Waals surface area (Å²) < 4.78 is 7.39. The average Bonchev–Trinajstić information content (AvgIpc) is 2.67. The van der Waals surface area contributed by atoms with Crippen molar-refractivity contribution in [3.8, 4) is 5.75 Å². The van der Waals surface area contributed by atoms with Gasteiger partial charge in [0, 0.05) is 36.7 Å². The zero-order valence-electron chi connectivity index (χ0n) is 10.9. The molecule has 3 heteroatoms. The molecule has 0 atom stereocenters. The van der Waals surface area contributed by atoms with E-state index in [2.05, 4.69) is 43.8 Å². The minimum atomic E-state index is -0.00585. The molecule has 3 nitrogen and oxygen atoms in total. The fourth-order valence-electron chi connectivity index (χ4n) is 2.14. The third-order valence-corrected chi connectivity index (χ3v) is 3.44. The number of hydrogen-bond acceptors (Lipinski definition) is 2. The van der Waals surface area contributed by atoms with Crippen molar-refractivity contribution < 1.29 is 4.74 Å². The Bertz CT molecular complexity index is 540. The predicted molar refractivity (Wildman–Crippen MR) is 71.6 cm³/mol. The molecule has 0 spiro atoms. The van der Waals surface area contributed by atoms with Crippen LogP contribution in [-0.2, 0) is 12.5 Å². The zero-order valence-corrected chi connectivity index (χ0v) is 10.9. The number of aryl methyl sites for hydroxylation is 1. The molecule has 0 bridgehead atoms. The van der Waals surface area contributed by atoms with E-state index in [1.165, 1.54) is 16.5 Å². The number of nitrogens with two attached hydrogens (primary N) is 1. The van der Waals surface area contributed by atoms with E-state index in [1.807, 2.05) is 6.07 Å². The van der Waals surface area contributed by atoms with E-state index in [0.717, 1.165) is 5.75 Å². The van der Waals surface area contributed by atoms with Crippen LogP contribution in [-0.4, -0.2) is 18.2 Å². The van der Waals surface area contributed by atoms with Gasteiger partial charge in [0.05, 0.1) is 12.6 Å². The van der Waals surface area contributed by atoms with Crippen molar-refractivity contribution >= 4 is 10.9 Å². The first-order valence-corrected chi connectivity index (χ1v) is 5.83. The van der Waals surface area contributed by atoms with Gasteiger partial charge in [0.2, 0.25) is 0 Å². The van der Waals surface area contributed by atoms with Gasteiger partial charge in [-0.25, -0.2) is 0 Å². The Kier molecular flexibility index (Phi) is 2.87. The van der Waals surface area contributed by atoms with E-state index >= 15 is 0 Å². The highest BCUT2D eigenvalue weighted by molar-refractivity contribution is 5.86. The summed E-state index contributed by atoms with van der Waals surface area (Å²) in [6, 6.07) is 6.17. The van der Waals surface area contributed by atoms with Gasteiger partial charge in [-0.15, -0.1) is 0 Å². The molecule has 2 N–H and O–H groups in total. The number of rotatable bonds is 3. The summed E-state index contributed by atoms with van der Waals surface area (Å²) in [4.78, 5) is 0. The Morgan fingerprint density at radius 3 is 2.65 bits per heavy atom. The standard InChI is InChI=1S/C14H20N2O/c1-14(2,9-15)12-8-16(3)13-7-10(17-4)5-6-11(12)13/h5-8H,9,15H2,1-4H3. The van der Waals surface area contributed by atoms with Crippen molar-refractivity contribution in [2.45, 2.75) is 19.3 Å². The van der Waals surface area contributed by atoms with Crippen LogP contribution < -0.4 is 10.5 Å². The summed E-state index contributed by atoms with van der Waals surface area (Å²) in [5.74, 6) is 0.885. The maximum absolute atomic E-state index is 5.86. The van der Waals surface area contributed by atoms with Crippen molar-refractivity contribution in [2.24, 2.45) is 12.8 Å². The number of fused-ring (bicyclic) bond motifs is 1. The molecule has 0 fully saturated rings. The molecule has 2 aromatic rings. The summed E-state index contributed by atoms with van der Waals surface area (Å²) >= 11 is 0. The second-order valence-corrected chi connectivity index (χ2v) is 5.12. The molecular formula is C14H20N2O. The average molecular weight is 232 g/mol. The van der Waals surface area contributed by atoms with Gasteiger partial charge in [-0.2, -0.15) is 0 Å². The van der Waals surface area contributed by atoms with Gasteiger partial charge < -0.3 is 15.0 Å². The quantitative estimate of drug-likeness (QED) is 0.883. The summed E-state index contributed by atoms with van der Waals surface area (Å²) in [5, 5.41) is 1.25. The van der Waals surface area contributed by atoms with E-state index in [9.17, 15) is 0 Å². The van der Waals surface area contributed by atoms with Crippen LogP contribution in [0.4, 0.5) is 0 Å². The van der Waals surface area contributed by atoms with Gasteiger partial charge in [-0.05, 0) is 17.7 Å². The minimum absolute atomic E-state index is 0.00585. The highest BCUT2D eigenvalue weighted by Gasteiger charge is 2.23. The van der Waals surface area contributed by atoms with Crippen molar-refractivity contribution in [3.05, 3.63) is 30.0 Å². The number of aromatic nitrogens is 1. The third kappa shape index (κ3) is 1.91. The Hall–Kier alpha value is -1.48. The Balaban J connectivity index is 2.68. The van der Waals surface area contributed by atoms with Crippen LogP contribution in [0.25, 0.3) is 10.9 Å². The number of methoxy groups -OCH3 is 1. The number of hydrogen-bond donors (Lipinski definition) is 1. The van der Waals surface area contributed by atoms with Crippen molar-refractivity contribution in [1.82, 2.24) is 4.57 Å². The second-order valence-electron chi connectivity index (χ2n) is 5.12. The van der Waals surface area contributed by atoms with E-state index in [1.54, 1.807) is 7.11 Å². The van der Waals surface area contributed by atoms with Gasteiger partial charge in [-0.3, -0.25) is 0 Å². The van der Waals surface area contributed by atoms with Gasteiger partial charge in [0.15, 0.2) is 0 Å². The van der Waals surface area contributed by atoms with Crippen LogP contribution in [0.5, 0.6) is 5.75 Å². The molecular weight excluding hydrogens is 212 g/mol. The molecule has 0 aliphatic rings. The largest absolute Gasteiger partial charge is 0.497 e. The van der Waals surface area contributed by atoms with E-state index < -0.39 is 0 Å². The molecule has 1 heterocycles. The predicted octanol–water partition coefficient (Wildman–Crippen LogP) is 2.42. The Morgan fingerprint density at radius 1 is 1.35 bits per heavy atom. The lowest BCUT2D eigenvalue weighted by Crippen LogP contribution is -2.27. The molecule has 1 aromatic carbocycles. The second kappa shape index (κ2) is 4.08. The maximum Gasteiger partial charge on any atom is 0.120 e. The first kappa shape index (κ1) is 12.0. The summed E-state index contributed by atoms with van der Waals surface area (Å²) in [6.07, 6.45) is 2.16. The molecule has 0 aliphatic carbocycles. The molecule has 2 rings (SSSR count). The van der Waals surface area contributed by atoms with Gasteiger partial charge >= 0.3 is 0 Å². The van der Waals surface area contributed by atoms with Gasteiger partial charge in [0.25, 0.3) is 0 Å². The Morgan fingerprint density at radius 2 is 2.06 bits per heavy atom. The zero-order chi connectivity index (χ0) is 12.6. The van der Waals surface area contributed by atoms with E-state index in [4.69, 9.17) is 10.5 Å². The number of ether oxygens (including phenoxy) is 1.